The Morgan fingerprint density at radius 2 is 1.94 bits per heavy atom. The van der Waals surface area contributed by atoms with Gasteiger partial charge in [-0.3, -0.25) is 4.90 Å². The monoisotopic (exact) mass is 271 g/mol. The summed E-state index contributed by atoms with van der Waals surface area (Å²) in [5.41, 5.74) is 0. The molecule has 108 valence electrons. The maximum Gasteiger partial charge on any atom is 0.401 e. The summed E-state index contributed by atoms with van der Waals surface area (Å²) in [5.74, 6) is -1.15. The van der Waals surface area contributed by atoms with Crippen molar-refractivity contribution in [1.82, 2.24) is 4.90 Å². The van der Waals surface area contributed by atoms with Crippen LogP contribution in [0.15, 0.2) is 0 Å². The molecule has 1 atom stereocenters. The smallest absolute Gasteiger partial charge is 0.401 e. The molecule has 1 N–H and O–H groups in total. The minimum atomic E-state index is -4.28. The molecule has 0 amide bonds. The lowest BCUT2D eigenvalue weighted by atomic mass is 10.2. The van der Waals surface area contributed by atoms with Crippen LogP contribution in [-0.4, -0.2) is 54.0 Å². The van der Waals surface area contributed by atoms with E-state index in [0.717, 1.165) is 0 Å². The van der Waals surface area contributed by atoms with E-state index in [1.165, 1.54) is 4.90 Å². The van der Waals surface area contributed by atoms with Crippen molar-refractivity contribution < 1.29 is 27.8 Å². The second-order valence-corrected chi connectivity index (χ2v) is 4.25. The SMILES string of the molecule is CCOC(CCN(CC(F)(F)F)C(C)C)C(=O)O. The molecule has 0 saturated heterocycles. The summed E-state index contributed by atoms with van der Waals surface area (Å²) < 4.78 is 41.9. The number of carboxylic acids is 1. The minimum Gasteiger partial charge on any atom is -0.479 e. The van der Waals surface area contributed by atoms with Gasteiger partial charge >= 0.3 is 12.1 Å². The van der Waals surface area contributed by atoms with Crippen molar-refractivity contribution in [2.24, 2.45) is 0 Å². The van der Waals surface area contributed by atoms with Crippen molar-refractivity contribution in [3.8, 4) is 0 Å². The molecule has 0 aliphatic carbocycles. The summed E-state index contributed by atoms with van der Waals surface area (Å²) in [7, 11) is 0. The third kappa shape index (κ3) is 7.50. The summed E-state index contributed by atoms with van der Waals surface area (Å²) >= 11 is 0. The summed E-state index contributed by atoms with van der Waals surface area (Å²) in [6.07, 6.45) is -5.30. The molecule has 0 heterocycles. The zero-order valence-corrected chi connectivity index (χ0v) is 10.8. The number of carboxylic acid groups (broad SMARTS) is 1. The lowest BCUT2D eigenvalue weighted by Crippen LogP contribution is -2.41. The van der Waals surface area contributed by atoms with E-state index in [0.29, 0.717) is 0 Å². The number of nitrogens with zero attached hydrogens (tertiary/aromatic N) is 1. The Morgan fingerprint density at radius 1 is 1.39 bits per heavy atom. The Balaban J connectivity index is 4.37. The van der Waals surface area contributed by atoms with Gasteiger partial charge in [0.2, 0.25) is 0 Å². The number of alkyl halides is 3. The molecule has 4 nitrogen and oxygen atoms in total. The van der Waals surface area contributed by atoms with E-state index in [1.54, 1.807) is 20.8 Å². The third-order valence-electron chi connectivity index (χ3n) is 2.43. The fourth-order valence-electron chi connectivity index (χ4n) is 1.51. The first-order valence-corrected chi connectivity index (χ1v) is 5.82. The number of rotatable bonds is 8. The Morgan fingerprint density at radius 3 is 2.28 bits per heavy atom. The van der Waals surface area contributed by atoms with Gasteiger partial charge < -0.3 is 9.84 Å². The van der Waals surface area contributed by atoms with E-state index in [-0.39, 0.29) is 25.6 Å². The van der Waals surface area contributed by atoms with Gasteiger partial charge in [0, 0.05) is 19.2 Å². The predicted molar refractivity (Wildman–Crippen MR) is 60.4 cm³/mol. The number of ether oxygens (including phenoxy) is 1. The van der Waals surface area contributed by atoms with Crippen LogP contribution in [0.5, 0.6) is 0 Å². The zero-order chi connectivity index (χ0) is 14.3. The molecule has 0 rings (SSSR count). The van der Waals surface area contributed by atoms with Crippen LogP contribution in [0.3, 0.4) is 0 Å². The van der Waals surface area contributed by atoms with E-state index in [2.05, 4.69) is 0 Å². The highest BCUT2D eigenvalue weighted by Gasteiger charge is 2.32. The molecular weight excluding hydrogens is 251 g/mol. The number of halogens is 3. The van der Waals surface area contributed by atoms with Crippen molar-refractivity contribution in [2.75, 3.05) is 19.7 Å². The van der Waals surface area contributed by atoms with Gasteiger partial charge in [0.15, 0.2) is 6.10 Å². The largest absolute Gasteiger partial charge is 0.479 e. The molecule has 0 bridgehead atoms. The van der Waals surface area contributed by atoms with Crippen molar-refractivity contribution in [2.45, 2.75) is 45.5 Å². The Labute approximate surface area is 105 Å². The normalized spacial score (nSPS) is 14.2. The van der Waals surface area contributed by atoms with Crippen LogP contribution in [0, 0.1) is 0 Å². The highest BCUT2D eigenvalue weighted by atomic mass is 19.4. The topological polar surface area (TPSA) is 49.8 Å². The number of carbonyl (C=O) groups is 1. The molecule has 0 spiro atoms. The van der Waals surface area contributed by atoms with Crippen LogP contribution in [0.4, 0.5) is 13.2 Å². The average molecular weight is 271 g/mol. The lowest BCUT2D eigenvalue weighted by Gasteiger charge is -2.28. The molecule has 0 aliphatic rings. The van der Waals surface area contributed by atoms with Crippen LogP contribution in [-0.2, 0) is 9.53 Å². The van der Waals surface area contributed by atoms with Gasteiger partial charge in [0.25, 0.3) is 0 Å². The molecule has 0 radical (unpaired) electrons. The van der Waals surface area contributed by atoms with Crippen molar-refractivity contribution in [1.29, 1.82) is 0 Å². The quantitative estimate of drug-likeness (QED) is 0.735. The van der Waals surface area contributed by atoms with Crippen molar-refractivity contribution in [3.63, 3.8) is 0 Å². The van der Waals surface area contributed by atoms with Gasteiger partial charge in [-0.25, -0.2) is 4.79 Å². The maximum absolute atomic E-state index is 12.3. The number of hydrogen-bond donors (Lipinski definition) is 1. The summed E-state index contributed by atoms with van der Waals surface area (Å²) in [5, 5.41) is 8.82. The standard InChI is InChI=1S/C11H20F3NO3/c1-4-18-9(10(16)17)5-6-15(8(2)3)7-11(12,13)14/h8-9H,4-7H2,1-3H3,(H,16,17). The van der Waals surface area contributed by atoms with E-state index >= 15 is 0 Å². The van der Waals surface area contributed by atoms with Gasteiger partial charge in [-0.1, -0.05) is 0 Å². The third-order valence-corrected chi connectivity index (χ3v) is 2.43. The highest BCUT2D eigenvalue weighted by molar-refractivity contribution is 5.72. The van der Waals surface area contributed by atoms with Crippen LogP contribution < -0.4 is 0 Å². The molecule has 1 unspecified atom stereocenters. The molecule has 0 aromatic carbocycles. The van der Waals surface area contributed by atoms with Crippen LogP contribution >= 0.6 is 0 Å². The first kappa shape index (κ1) is 17.2. The highest BCUT2D eigenvalue weighted by Crippen LogP contribution is 2.18. The fourth-order valence-corrected chi connectivity index (χ4v) is 1.51. The van der Waals surface area contributed by atoms with E-state index in [4.69, 9.17) is 9.84 Å². The molecule has 0 aromatic heterocycles. The second kappa shape index (κ2) is 7.58. The molecule has 0 aromatic rings. The molecule has 7 heteroatoms. The first-order valence-electron chi connectivity index (χ1n) is 5.82. The molecule has 0 saturated carbocycles. The second-order valence-electron chi connectivity index (χ2n) is 4.25. The Hall–Kier alpha value is -0.820. The predicted octanol–water partition coefficient (Wildman–Crippen LogP) is 2.14. The summed E-state index contributed by atoms with van der Waals surface area (Å²) in [6.45, 7) is 4.14. The van der Waals surface area contributed by atoms with Crippen molar-refractivity contribution in [3.05, 3.63) is 0 Å². The van der Waals surface area contributed by atoms with Gasteiger partial charge in [-0.05, 0) is 27.2 Å². The van der Waals surface area contributed by atoms with E-state index in [9.17, 15) is 18.0 Å². The van der Waals surface area contributed by atoms with Gasteiger partial charge in [-0.15, -0.1) is 0 Å². The Bertz CT molecular complexity index is 256. The fraction of sp³-hybridized carbons (Fsp3) is 0.909. The van der Waals surface area contributed by atoms with Gasteiger partial charge in [0.05, 0.1) is 6.54 Å². The molecule has 0 fully saturated rings. The Kier molecular flexibility index (Phi) is 7.23. The van der Waals surface area contributed by atoms with Crippen molar-refractivity contribution >= 4 is 5.97 Å². The number of hydrogen-bond acceptors (Lipinski definition) is 3. The van der Waals surface area contributed by atoms with Crippen LogP contribution in [0.1, 0.15) is 27.2 Å². The number of aliphatic carboxylic acids is 1. The van der Waals surface area contributed by atoms with E-state index < -0.39 is 24.8 Å². The summed E-state index contributed by atoms with van der Waals surface area (Å²) in [6, 6.07) is -0.303. The van der Waals surface area contributed by atoms with E-state index in [1.807, 2.05) is 0 Å². The molecular formula is C11H20F3NO3. The first-order chi connectivity index (χ1) is 8.17. The van der Waals surface area contributed by atoms with Gasteiger partial charge in [0.1, 0.15) is 0 Å². The van der Waals surface area contributed by atoms with Gasteiger partial charge in [-0.2, -0.15) is 13.2 Å². The molecule has 18 heavy (non-hydrogen) atoms. The summed E-state index contributed by atoms with van der Waals surface area (Å²) in [4.78, 5) is 12.0. The lowest BCUT2D eigenvalue weighted by molar-refractivity contribution is -0.155. The minimum absolute atomic E-state index is 0.0359. The van der Waals surface area contributed by atoms with Crippen LogP contribution in [0.25, 0.3) is 0 Å². The zero-order valence-electron chi connectivity index (χ0n) is 10.8. The average Bonchev–Trinajstić information content (AvgIpc) is 2.19. The maximum atomic E-state index is 12.3. The van der Waals surface area contributed by atoms with Crippen LogP contribution in [0.2, 0.25) is 0 Å². The molecule has 0 aliphatic heterocycles.